The first kappa shape index (κ1) is 35.1. The van der Waals surface area contributed by atoms with Gasteiger partial charge in [-0.3, -0.25) is 14.5 Å². The monoisotopic (exact) mass is 709 g/mol. The molecule has 1 N–H and O–H groups in total. The van der Waals surface area contributed by atoms with Gasteiger partial charge in [-0.05, 0) is 73.2 Å². The Balaban J connectivity index is 1.05. The van der Waals surface area contributed by atoms with Crippen LogP contribution >= 0.6 is 0 Å². The van der Waals surface area contributed by atoms with Gasteiger partial charge in [-0.1, -0.05) is 12.1 Å². The van der Waals surface area contributed by atoms with Crippen LogP contribution in [0.2, 0.25) is 0 Å². The van der Waals surface area contributed by atoms with Crippen molar-refractivity contribution in [2.45, 2.75) is 32.5 Å². The molecule has 0 saturated carbocycles. The van der Waals surface area contributed by atoms with Gasteiger partial charge in [0.15, 0.2) is 0 Å². The van der Waals surface area contributed by atoms with Crippen LogP contribution < -0.4 is 19.5 Å². The third-order valence-corrected chi connectivity index (χ3v) is 8.39. The van der Waals surface area contributed by atoms with E-state index in [2.05, 4.69) is 24.7 Å². The molecule has 1 aliphatic heterocycles. The molecule has 1 saturated heterocycles. The zero-order valence-corrected chi connectivity index (χ0v) is 27.4. The molecule has 6 rings (SSSR count). The molecule has 10 nitrogen and oxygen atoms in total. The number of ether oxygens (including phenoxy) is 3. The summed E-state index contributed by atoms with van der Waals surface area (Å²) >= 11 is 0. The fourth-order valence-corrected chi connectivity index (χ4v) is 5.81. The summed E-state index contributed by atoms with van der Waals surface area (Å²) in [4.78, 5) is 34.5. The molecule has 1 aliphatic rings. The number of carbonyl (C=O) groups is 2. The van der Waals surface area contributed by atoms with E-state index in [4.69, 9.17) is 4.74 Å². The summed E-state index contributed by atoms with van der Waals surface area (Å²) in [6.07, 6.45) is -3.45. The largest absolute Gasteiger partial charge is 0.573 e. The third kappa shape index (κ3) is 8.73. The molecule has 0 bridgehead atoms. The van der Waals surface area contributed by atoms with E-state index >= 15 is 0 Å². The number of halogens is 5. The fraction of sp³-hybridized carbons (Fsp3) is 0.250. The van der Waals surface area contributed by atoms with Crippen molar-refractivity contribution >= 4 is 28.4 Å². The van der Waals surface area contributed by atoms with Gasteiger partial charge in [0.25, 0.3) is 11.8 Å². The molecule has 0 unspecified atom stereocenters. The highest BCUT2D eigenvalue weighted by molar-refractivity contribution is 6.04. The fourth-order valence-electron chi connectivity index (χ4n) is 5.81. The highest BCUT2D eigenvalue weighted by Gasteiger charge is 2.31. The maximum Gasteiger partial charge on any atom is 0.573 e. The zero-order valence-electron chi connectivity index (χ0n) is 27.4. The Kier molecular flexibility index (Phi) is 10.1. The van der Waals surface area contributed by atoms with Crippen LogP contribution in [0.25, 0.3) is 10.9 Å². The number of aromatic nitrogens is 2. The number of alkyl halides is 5. The van der Waals surface area contributed by atoms with E-state index in [-0.39, 0.29) is 29.1 Å². The standard InChI is InChI=1S/C36H32F5N5O5/c1-22-20-46(16-15-45(22)21-23-3-9-27(10-4-23)50-35(37)38)34(48)31-17-25-7-13-29(18-30(25)44(31)2)49-32-14-8-26(19-42-32)43-33(47)24-5-11-28(12-6-24)51-36(39,40)41/h3-14,17-19,22,35H,15-16,20-21H2,1-2H3,(H,43,47)/t22-/m0/s1. The highest BCUT2D eigenvalue weighted by atomic mass is 19.4. The topological polar surface area (TPSA) is 98.2 Å². The summed E-state index contributed by atoms with van der Waals surface area (Å²) in [7, 11) is 1.81. The number of nitrogens with zero attached hydrogens (tertiary/aromatic N) is 4. The number of fused-ring (bicyclic) bond motifs is 1. The number of benzene rings is 3. The minimum absolute atomic E-state index is 0.0647. The summed E-state index contributed by atoms with van der Waals surface area (Å²) < 4.78 is 78.1. The molecule has 51 heavy (non-hydrogen) atoms. The number of pyridine rings is 1. The average molecular weight is 710 g/mol. The number of aryl methyl sites for hydroxylation is 1. The molecule has 1 atom stereocenters. The number of piperazine rings is 1. The number of hydrogen-bond acceptors (Lipinski definition) is 7. The molecule has 0 spiro atoms. The Morgan fingerprint density at radius 3 is 2.27 bits per heavy atom. The van der Waals surface area contributed by atoms with Crippen molar-refractivity contribution in [2.75, 3.05) is 25.0 Å². The van der Waals surface area contributed by atoms with Crippen molar-refractivity contribution < 1.29 is 45.8 Å². The van der Waals surface area contributed by atoms with E-state index in [1.54, 1.807) is 36.4 Å². The summed E-state index contributed by atoms with van der Waals surface area (Å²) in [6.45, 7) is 1.48. The van der Waals surface area contributed by atoms with E-state index in [9.17, 15) is 31.5 Å². The summed E-state index contributed by atoms with van der Waals surface area (Å²) in [6, 6.07) is 21.5. The van der Waals surface area contributed by atoms with Gasteiger partial charge in [0.05, 0.1) is 17.4 Å². The first-order chi connectivity index (χ1) is 24.3. The van der Waals surface area contributed by atoms with Crippen LogP contribution in [0.1, 0.15) is 33.3 Å². The van der Waals surface area contributed by atoms with Crippen molar-refractivity contribution in [3.63, 3.8) is 0 Å². The van der Waals surface area contributed by atoms with Crippen LogP contribution in [-0.2, 0) is 13.6 Å². The van der Waals surface area contributed by atoms with Gasteiger partial charge in [-0.2, -0.15) is 8.78 Å². The van der Waals surface area contributed by atoms with E-state index < -0.39 is 24.6 Å². The molecule has 3 heterocycles. The lowest BCUT2D eigenvalue weighted by atomic mass is 10.1. The van der Waals surface area contributed by atoms with Gasteiger partial charge in [-0.15, -0.1) is 13.2 Å². The Morgan fingerprint density at radius 1 is 0.922 bits per heavy atom. The Labute approximate surface area is 288 Å². The summed E-state index contributed by atoms with van der Waals surface area (Å²) in [5.41, 5.74) is 2.73. The van der Waals surface area contributed by atoms with Crippen LogP contribution in [0.3, 0.4) is 0 Å². The van der Waals surface area contributed by atoms with Crippen LogP contribution in [0.4, 0.5) is 27.6 Å². The number of nitrogens with one attached hydrogen (secondary N) is 1. The van der Waals surface area contributed by atoms with Gasteiger partial charge in [-0.25, -0.2) is 4.98 Å². The van der Waals surface area contributed by atoms with Crippen LogP contribution in [-0.4, -0.2) is 69.8 Å². The number of anilines is 1. The van der Waals surface area contributed by atoms with Gasteiger partial charge >= 0.3 is 13.0 Å². The minimum atomic E-state index is -4.83. The molecule has 2 aromatic heterocycles. The van der Waals surface area contributed by atoms with Crippen LogP contribution in [0.15, 0.2) is 91.1 Å². The molecule has 0 radical (unpaired) electrons. The Bertz CT molecular complexity index is 2000. The SMILES string of the molecule is C[C@H]1CN(C(=O)c2cc3ccc(Oc4ccc(NC(=O)c5ccc(OC(F)(F)F)cc5)cn4)cc3n2C)CCN1Cc1ccc(OC(F)F)cc1. The quantitative estimate of drug-likeness (QED) is 0.150. The van der Waals surface area contributed by atoms with Gasteiger partial charge in [0.2, 0.25) is 5.88 Å². The molecule has 1 fully saturated rings. The highest BCUT2D eigenvalue weighted by Crippen LogP contribution is 2.29. The van der Waals surface area contributed by atoms with Crippen molar-refractivity contribution in [1.29, 1.82) is 0 Å². The molecule has 266 valence electrons. The van der Waals surface area contributed by atoms with Crippen molar-refractivity contribution in [3.05, 3.63) is 108 Å². The second-order valence-corrected chi connectivity index (χ2v) is 11.9. The molecule has 15 heteroatoms. The van der Waals surface area contributed by atoms with E-state index in [0.29, 0.717) is 43.3 Å². The van der Waals surface area contributed by atoms with E-state index in [1.165, 1.54) is 30.5 Å². The second kappa shape index (κ2) is 14.6. The van der Waals surface area contributed by atoms with Crippen molar-refractivity contribution in [2.24, 2.45) is 7.05 Å². The Hall–Kier alpha value is -5.70. The molecule has 5 aromatic rings. The van der Waals surface area contributed by atoms with Crippen LogP contribution in [0.5, 0.6) is 23.1 Å². The predicted molar refractivity (Wildman–Crippen MR) is 177 cm³/mol. The lowest BCUT2D eigenvalue weighted by Gasteiger charge is -2.40. The first-order valence-corrected chi connectivity index (χ1v) is 15.8. The number of amides is 2. The number of carbonyl (C=O) groups excluding carboxylic acids is 2. The lowest BCUT2D eigenvalue weighted by Crippen LogP contribution is -2.53. The number of hydrogen-bond donors (Lipinski definition) is 1. The maximum atomic E-state index is 13.7. The molecule has 0 aliphatic carbocycles. The maximum absolute atomic E-state index is 13.7. The van der Waals surface area contributed by atoms with Crippen molar-refractivity contribution in [1.82, 2.24) is 19.4 Å². The average Bonchev–Trinajstić information content (AvgIpc) is 3.41. The van der Waals surface area contributed by atoms with Crippen molar-refractivity contribution in [3.8, 4) is 23.1 Å². The molecule has 2 amide bonds. The van der Waals surface area contributed by atoms with E-state index in [1.807, 2.05) is 35.6 Å². The van der Waals surface area contributed by atoms with Crippen LogP contribution in [0, 0.1) is 0 Å². The third-order valence-electron chi connectivity index (χ3n) is 8.39. The predicted octanol–water partition coefficient (Wildman–Crippen LogP) is 7.46. The normalized spacial score (nSPS) is 15.2. The molecular weight excluding hydrogens is 677 g/mol. The summed E-state index contributed by atoms with van der Waals surface area (Å²) in [5, 5.41) is 3.47. The number of rotatable bonds is 10. The first-order valence-electron chi connectivity index (χ1n) is 15.8. The minimum Gasteiger partial charge on any atom is -0.439 e. The smallest absolute Gasteiger partial charge is 0.439 e. The van der Waals surface area contributed by atoms with Gasteiger partial charge < -0.3 is 29.0 Å². The van der Waals surface area contributed by atoms with E-state index in [0.717, 1.165) is 28.6 Å². The Morgan fingerprint density at radius 2 is 1.63 bits per heavy atom. The summed E-state index contributed by atoms with van der Waals surface area (Å²) in [5.74, 6) is -0.251. The molecule has 3 aromatic carbocycles. The van der Waals surface area contributed by atoms with Gasteiger partial charge in [0, 0.05) is 62.4 Å². The molecular formula is C36H32F5N5O5. The van der Waals surface area contributed by atoms with Gasteiger partial charge in [0.1, 0.15) is 22.9 Å². The zero-order chi connectivity index (χ0) is 36.3. The lowest BCUT2D eigenvalue weighted by molar-refractivity contribution is -0.274. The second-order valence-electron chi connectivity index (χ2n) is 11.9.